The smallest absolute Gasteiger partial charge is 0.407 e. The van der Waals surface area contributed by atoms with Crippen molar-refractivity contribution in [3.05, 3.63) is 34.5 Å². The van der Waals surface area contributed by atoms with Crippen LogP contribution in [0.15, 0.2) is 24.4 Å². The summed E-state index contributed by atoms with van der Waals surface area (Å²) in [7, 11) is 0. The van der Waals surface area contributed by atoms with E-state index in [2.05, 4.69) is 20.2 Å². The van der Waals surface area contributed by atoms with Crippen LogP contribution in [0.4, 0.5) is 16.3 Å². The molecule has 0 spiro atoms. The monoisotopic (exact) mass is 373 g/mol. The van der Waals surface area contributed by atoms with E-state index in [0.29, 0.717) is 23.4 Å². The molecule has 0 aliphatic carbocycles. The topological polar surface area (TPSA) is 110 Å². The SMILES string of the molecule is CC(C)(C)OC(=O)NCC1CCCN1c1cnc2cc([N+](=O)[O-])ccc2n1. The van der Waals surface area contributed by atoms with Crippen molar-refractivity contribution in [1.29, 1.82) is 0 Å². The van der Waals surface area contributed by atoms with Gasteiger partial charge in [0.2, 0.25) is 0 Å². The number of amides is 1. The highest BCUT2D eigenvalue weighted by Crippen LogP contribution is 2.26. The van der Waals surface area contributed by atoms with Crippen LogP contribution in [-0.2, 0) is 4.74 Å². The number of carbonyl (C=O) groups is 1. The van der Waals surface area contributed by atoms with Crippen LogP contribution in [0.25, 0.3) is 11.0 Å². The third-order valence-corrected chi connectivity index (χ3v) is 4.28. The number of benzene rings is 1. The molecule has 1 saturated heterocycles. The van der Waals surface area contributed by atoms with E-state index < -0.39 is 16.6 Å². The Morgan fingerprint density at radius 3 is 2.89 bits per heavy atom. The predicted octanol–water partition coefficient (Wildman–Crippen LogP) is 3.03. The zero-order valence-electron chi connectivity index (χ0n) is 15.6. The first-order valence-corrected chi connectivity index (χ1v) is 8.87. The van der Waals surface area contributed by atoms with Gasteiger partial charge in [0.25, 0.3) is 5.69 Å². The highest BCUT2D eigenvalue weighted by Gasteiger charge is 2.27. The number of nitrogens with zero attached hydrogens (tertiary/aromatic N) is 4. The minimum absolute atomic E-state index is 0.00911. The highest BCUT2D eigenvalue weighted by atomic mass is 16.6. The minimum atomic E-state index is -0.536. The molecule has 9 heteroatoms. The number of nitrogens with one attached hydrogen (secondary N) is 1. The van der Waals surface area contributed by atoms with E-state index in [0.717, 1.165) is 19.4 Å². The van der Waals surface area contributed by atoms with Crippen LogP contribution < -0.4 is 10.2 Å². The second-order valence-electron chi connectivity index (χ2n) is 7.53. The maximum atomic E-state index is 11.9. The molecule has 1 atom stereocenters. The molecule has 2 aromatic rings. The van der Waals surface area contributed by atoms with Gasteiger partial charge in [0, 0.05) is 31.3 Å². The van der Waals surface area contributed by atoms with Gasteiger partial charge < -0.3 is 15.0 Å². The van der Waals surface area contributed by atoms with Crippen LogP contribution in [0.3, 0.4) is 0 Å². The van der Waals surface area contributed by atoms with E-state index >= 15 is 0 Å². The van der Waals surface area contributed by atoms with Gasteiger partial charge in [0.05, 0.1) is 22.2 Å². The fraction of sp³-hybridized carbons (Fsp3) is 0.500. The molecule has 1 aromatic heterocycles. The van der Waals surface area contributed by atoms with E-state index in [1.54, 1.807) is 12.3 Å². The lowest BCUT2D eigenvalue weighted by molar-refractivity contribution is -0.384. The number of ether oxygens (including phenoxy) is 1. The Bertz CT molecular complexity index is 864. The van der Waals surface area contributed by atoms with E-state index in [4.69, 9.17) is 4.74 Å². The van der Waals surface area contributed by atoms with Crippen molar-refractivity contribution in [1.82, 2.24) is 15.3 Å². The summed E-state index contributed by atoms with van der Waals surface area (Å²) in [5.74, 6) is 0.699. The Morgan fingerprint density at radius 2 is 2.19 bits per heavy atom. The molecule has 1 aliphatic heterocycles. The van der Waals surface area contributed by atoms with Gasteiger partial charge >= 0.3 is 6.09 Å². The van der Waals surface area contributed by atoms with E-state index in [-0.39, 0.29) is 11.7 Å². The average Bonchev–Trinajstić information content (AvgIpc) is 3.06. The predicted molar refractivity (Wildman–Crippen MR) is 101 cm³/mol. The van der Waals surface area contributed by atoms with Gasteiger partial charge in [-0.3, -0.25) is 15.1 Å². The lowest BCUT2D eigenvalue weighted by Crippen LogP contribution is -2.42. The Hall–Kier alpha value is -2.97. The fourth-order valence-electron chi connectivity index (χ4n) is 3.11. The van der Waals surface area contributed by atoms with Gasteiger partial charge in [-0.05, 0) is 39.7 Å². The first-order chi connectivity index (χ1) is 12.7. The number of carbonyl (C=O) groups excluding carboxylic acids is 1. The molecule has 0 bridgehead atoms. The first kappa shape index (κ1) is 18.8. The summed E-state index contributed by atoms with van der Waals surface area (Å²) in [4.78, 5) is 33.3. The Labute approximate surface area is 156 Å². The number of nitro groups is 1. The standard InChI is InChI=1S/C18H23N5O4/c1-18(2,3)27-17(24)20-10-13-5-4-8-22(13)16-11-19-15-9-12(23(25)26)6-7-14(15)21-16/h6-7,9,11,13H,4-5,8,10H2,1-3H3,(H,20,24). The average molecular weight is 373 g/mol. The summed E-state index contributed by atoms with van der Waals surface area (Å²) in [6, 6.07) is 4.54. The van der Waals surface area contributed by atoms with Crippen molar-refractivity contribution >= 4 is 28.6 Å². The normalized spacial score (nSPS) is 17.1. The number of rotatable bonds is 4. The number of non-ortho nitro benzene ring substituents is 1. The van der Waals surface area contributed by atoms with E-state index in [9.17, 15) is 14.9 Å². The number of anilines is 1. The van der Waals surface area contributed by atoms with Crippen LogP contribution in [0, 0.1) is 10.1 Å². The van der Waals surface area contributed by atoms with Crippen molar-refractivity contribution in [2.45, 2.75) is 45.3 Å². The van der Waals surface area contributed by atoms with Crippen molar-refractivity contribution in [2.75, 3.05) is 18.0 Å². The third-order valence-electron chi connectivity index (χ3n) is 4.28. The first-order valence-electron chi connectivity index (χ1n) is 8.87. The van der Waals surface area contributed by atoms with Crippen molar-refractivity contribution in [3.63, 3.8) is 0 Å². The molecule has 27 heavy (non-hydrogen) atoms. The largest absolute Gasteiger partial charge is 0.444 e. The Morgan fingerprint density at radius 1 is 1.41 bits per heavy atom. The molecule has 0 radical (unpaired) electrons. The van der Waals surface area contributed by atoms with Crippen molar-refractivity contribution in [3.8, 4) is 0 Å². The van der Waals surface area contributed by atoms with Gasteiger partial charge in [0.15, 0.2) is 0 Å². The fourth-order valence-corrected chi connectivity index (χ4v) is 3.11. The van der Waals surface area contributed by atoms with Gasteiger partial charge in [-0.1, -0.05) is 0 Å². The highest BCUT2D eigenvalue weighted by molar-refractivity contribution is 5.78. The van der Waals surface area contributed by atoms with Gasteiger partial charge in [-0.15, -0.1) is 0 Å². The molecule has 144 valence electrons. The van der Waals surface area contributed by atoms with Crippen LogP contribution >= 0.6 is 0 Å². The summed E-state index contributed by atoms with van der Waals surface area (Å²) < 4.78 is 5.28. The number of hydrogen-bond acceptors (Lipinski definition) is 7. The van der Waals surface area contributed by atoms with Crippen LogP contribution in [-0.4, -0.2) is 45.7 Å². The van der Waals surface area contributed by atoms with Crippen LogP contribution in [0.1, 0.15) is 33.6 Å². The number of hydrogen-bond donors (Lipinski definition) is 1. The zero-order valence-corrected chi connectivity index (χ0v) is 15.6. The summed E-state index contributed by atoms with van der Waals surface area (Å²) in [6.45, 7) is 6.74. The maximum Gasteiger partial charge on any atom is 0.407 e. The Balaban J connectivity index is 1.71. The quantitative estimate of drug-likeness (QED) is 0.648. The van der Waals surface area contributed by atoms with Crippen LogP contribution in [0.2, 0.25) is 0 Å². The zero-order chi connectivity index (χ0) is 19.6. The molecule has 9 nitrogen and oxygen atoms in total. The summed E-state index contributed by atoms with van der Waals surface area (Å²) >= 11 is 0. The van der Waals surface area contributed by atoms with Gasteiger partial charge in [-0.25, -0.2) is 9.78 Å². The number of nitro benzene ring substituents is 1. The second-order valence-corrected chi connectivity index (χ2v) is 7.53. The summed E-state index contributed by atoms with van der Waals surface area (Å²) in [6.07, 6.45) is 3.10. The lowest BCUT2D eigenvalue weighted by Gasteiger charge is -2.26. The number of aromatic nitrogens is 2. The molecule has 1 N–H and O–H groups in total. The molecule has 1 amide bonds. The molecule has 1 fully saturated rings. The van der Waals surface area contributed by atoms with Crippen molar-refractivity contribution in [2.24, 2.45) is 0 Å². The molecule has 1 unspecified atom stereocenters. The summed E-state index contributed by atoms with van der Waals surface area (Å²) in [5, 5.41) is 13.7. The third kappa shape index (κ3) is 4.60. The van der Waals surface area contributed by atoms with Crippen LogP contribution in [0.5, 0.6) is 0 Å². The maximum absolute atomic E-state index is 11.9. The molecular formula is C18H23N5O4. The number of fused-ring (bicyclic) bond motifs is 1. The minimum Gasteiger partial charge on any atom is -0.444 e. The Kier molecular flexibility index (Phi) is 5.11. The lowest BCUT2D eigenvalue weighted by atomic mass is 10.2. The van der Waals surface area contributed by atoms with E-state index in [1.165, 1.54) is 12.1 Å². The molecule has 2 heterocycles. The summed E-state index contributed by atoms with van der Waals surface area (Å²) in [5.41, 5.74) is 0.538. The molecule has 1 aromatic carbocycles. The van der Waals surface area contributed by atoms with Gasteiger partial charge in [0.1, 0.15) is 11.4 Å². The van der Waals surface area contributed by atoms with Crippen molar-refractivity contribution < 1.29 is 14.5 Å². The second kappa shape index (κ2) is 7.34. The van der Waals surface area contributed by atoms with Gasteiger partial charge in [-0.2, -0.15) is 0 Å². The molecule has 0 saturated carbocycles. The van der Waals surface area contributed by atoms with E-state index in [1.807, 2.05) is 20.8 Å². The molecule has 1 aliphatic rings. The molecular weight excluding hydrogens is 350 g/mol. The molecule has 3 rings (SSSR count). The number of alkyl carbamates (subject to hydrolysis) is 1.